The Kier molecular flexibility index (Phi) is 5.65. The number of amides is 1. The molecule has 0 aliphatic carbocycles. The summed E-state index contributed by atoms with van der Waals surface area (Å²) in [6.45, 7) is 3.28. The van der Waals surface area contributed by atoms with Gasteiger partial charge in [-0.3, -0.25) is 9.78 Å². The summed E-state index contributed by atoms with van der Waals surface area (Å²) in [5.41, 5.74) is 1.30. The van der Waals surface area contributed by atoms with Gasteiger partial charge < -0.3 is 10.1 Å². The fourth-order valence-electron chi connectivity index (χ4n) is 2.77. The molecule has 0 bridgehead atoms. The third-order valence-corrected chi connectivity index (χ3v) is 6.23. The van der Waals surface area contributed by atoms with Crippen LogP contribution in [-0.4, -0.2) is 49.4 Å². The predicted molar refractivity (Wildman–Crippen MR) is 96.0 cm³/mol. The van der Waals surface area contributed by atoms with Gasteiger partial charge in [-0.25, -0.2) is 8.42 Å². The van der Waals surface area contributed by atoms with Gasteiger partial charge in [-0.15, -0.1) is 0 Å². The molecule has 1 aliphatic rings. The quantitative estimate of drug-likeness (QED) is 0.854. The monoisotopic (exact) mass is 375 g/mol. The van der Waals surface area contributed by atoms with Crippen LogP contribution in [0.2, 0.25) is 0 Å². The van der Waals surface area contributed by atoms with Crippen molar-refractivity contribution in [3.05, 3.63) is 59.9 Å². The molecule has 1 saturated heterocycles. The molecule has 1 amide bonds. The third-order valence-electron chi connectivity index (χ3n) is 4.21. The predicted octanol–water partition coefficient (Wildman–Crippen LogP) is 1.42. The third kappa shape index (κ3) is 4.09. The van der Waals surface area contributed by atoms with Crippen LogP contribution in [0.1, 0.15) is 22.8 Å². The van der Waals surface area contributed by atoms with Crippen LogP contribution in [0.5, 0.6) is 0 Å². The molecule has 138 valence electrons. The maximum absolute atomic E-state index is 12.8. The Labute approximate surface area is 153 Å². The molecule has 3 rings (SSSR count). The van der Waals surface area contributed by atoms with Crippen LogP contribution in [0.3, 0.4) is 0 Å². The number of benzene rings is 1. The average molecular weight is 375 g/mol. The molecule has 2 heterocycles. The summed E-state index contributed by atoms with van der Waals surface area (Å²) >= 11 is 0. The molecule has 2 aromatic rings. The van der Waals surface area contributed by atoms with Gasteiger partial charge in [0, 0.05) is 37.1 Å². The first kappa shape index (κ1) is 18.5. The van der Waals surface area contributed by atoms with Crippen LogP contribution >= 0.6 is 0 Å². The Bertz CT molecular complexity index is 854. The van der Waals surface area contributed by atoms with Crippen LogP contribution in [-0.2, 0) is 21.3 Å². The first-order valence-electron chi connectivity index (χ1n) is 8.35. The van der Waals surface area contributed by atoms with Gasteiger partial charge in [-0.1, -0.05) is 6.07 Å². The maximum Gasteiger partial charge on any atom is 0.251 e. The molecule has 1 aliphatic heterocycles. The van der Waals surface area contributed by atoms with Crippen molar-refractivity contribution >= 4 is 15.9 Å². The molecule has 1 fully saturated rings. The van der Waals surface area contributed by atoms with E-state index in [-0.39, 0.29) is 16.8 Å². The second kappa shape index (κ2) is 7.94. The second-order valence-corrected chi connectivity index (χ2v) is 8.00. The minimum absolute atomic E-state index is 0.176. The molecule has 26 heavy (non-hydrogen) atoms. The minimum atomic E-state index is -3.60. The number of pyridine rings is 1. The molecule has 1 aromatic heterocycles. The molecular formula is C18H21N3O4S. The molecule has 0 radical (unpaired) electrons. The van der Waals surface area contributed by atoms with Gasteiger partial charge >= 0.3 is 0 Å². The summed E-state index contributed by atoms with van der Waals surface area (Å²) < 4.78 is 32.2. The average Bonchev–Trinajstić information content (AvgIpc) is 2.67. The van der Waals surface area contributed by atoms with E-state index < -0.39 is 10.0 Å². The molecule has 0 spiro atoms. The summed E-state index contributed by atoms with van der Waals surface area (Å²) in [7, 11) is -3.60. The number of sulfonamides is 1. The van der Waals surface area contributed by atoms with E-state index in [0.29, 0.717) is 31.9 Å². The highest BCUT2D eigenvalue weighted by Crippen LogP contribution is 2.21. The number of nitrogens with one attached hydrogen (secondary N) is 1. The number of nitrogens with zero attached hydrogens (tertiary/aromatic N) is 2. The van der Waals surface area contributed by atoms with E-state index >= 15 is 0 Å². The number of morpholine rings is 1. The van der Waals surface area contributed by atoms with Gasteiger partial charge in [0.25, 0.3) is 5.91 Å². The van der Waals surface area contributed by atoms with Crippen molar-refractivity contribution in [1.29, 1.82) is 0 Å². The largest absolute Gasteiger partial charge is 0.378 e. The zero-order valence-corrected chi connectivity index (χ0v) is 15.3. The number of aromatic nitrogens is 1. The van der Waals surface area contributed by atoms with E-state index in [0.717, 1.165) is 5.56 Å². The summed E-state index contributed by atoms with van der Waals surface area (Å²) in [5.74, 6) is -0.266. The van der Waals surface area contributed by atoms with E-state index in [1.165, 1.54) is 28.6 Å². The summed E-state index contributed by atoms with van der Waals surface area (Å²) in [5, 5.41) is 2.79. The lowest BCUT2D eigenvalue weighted by Gasteiger charge is -2.32. The van der Waals surface area contributed by atoms with Crippen molar-refractivity contribution < 1.29 is 17.9 Å². The van der Waals surface area contributed by atoms with E-state index in [9.17, 15) is 13.2 Å². The molecule has 7 nitrogen and oxygen atoms in total. The van der Waals surface area contributed by atoms with E-state index in [4.69, 9.17) is 4.74 Å². The number of carbonyl (C=O) groups excluding carboxylic acids is 1. The van der Waals surface area contributed by atoms with Crippen molar-refractivity contribution in [2.75, 3.05) is 19.8 Å². The van der Waals surface area contributed by atoms with Gasteiger partial charge in [0.05, 0.1) is 18.1 Å². The Balaban J connectivity index is 1.68. The van der Waals surface area contributed by atoms with Crippen molar-refractivity contribution in [3.63, 3.8) is 0 Å². The first-order valence-corrected chi connectivity index (χ1v) is 9.79. The van der Waals surface area contributed by atoms with Gasteiger partial charge in [0.1, 0.15) is 0 Å². The smallest absolute Gasteiger partial charge is 0.251 e. The second-order valence-electron chi connectivity index (χ2n) is 6.11. The SMILES string of the molecule is CC1COCCN1S(=O)(=O)c1ccc(C(=O)NCc2cccnc2)cc1. The fraction of sp³-hybridized carbons (Fsp3) is 0.333. The van der Waals surface area contributed by atoms with E-state index in [2.05, 4.69) is 10.3 Å². The summed E-state index contributed by atoms with van der Waals surface area (Å²) in [6.07, 6.45) is 3.35. The van der Waals surface area contributed by atoms with E-state index in [1.54, 1.807) is 18.5 Å². The van der Waals surface area contributed by atoms with Crippen molar-refractivity contribution in [2.45, 2.75) is 24.4 Å². The highest BCUT2D eigenvalue weighted by atomic mass is 32.2. The Morgan fingerprint density at radius 3 is 2.73 bits per heavy atom. The Hall–Kier alpha value is -2.29. The van der Waals surface area contributed by atoms with Crippen LogP contribution < -0.4 is 5.32 Å². The van der Waals surface area contributed by atoms with Gasteiger partial charge in [0.2, 0.25) is 10.0 Å². The topological polar surface area (TPSA) is 88.6 Å². The lowest BCUT2D eigenvalue weighted by Crippen LogP contribution is -2.46. The number of hydrogen-bond acceptors (Lipinski definition) is 5. The zero-order valence-electron chi connectivity index (χ0n) is 14.5. The summed E-state index contributed by atoms with van der Waals surface area (Å²) in [6, 6.07) is 9.44. The zero-order chi connectivity index (χ0) is 18.6. The normalized spacial score (nSPS) is 18.4. The van der Waals surface area contributed by atoms with Gasteiger partial charge in [-0.2, -0.15) is 4.31 Å². The molecule has 8 heteroatoms. The van der Waals surface area contributed by atoms with Crippen LogP contribution in [0.15, 0.2) is 53.7 Å². The number of carbonyl (C=O) groups is 1. The first-order chi connectivity index (χ1) is 12.5. The number of ether oxygens (including phenoxy) is 1. The number of hydrogen-bond donors (Lipinski definition) is 1. The van der Waals surface area contributed by atoms with Gasteiger partial charge in [0.15, 0.2) is 0 Å². The molecule has 1 atom stereocenters. The molecule has 1 N–H and O–H groups in total. The van der Waals surface area contributed by atoms with Crippen molar-refractivity contribution in [3.8, 4) is 0 Å². The maximum atomic E-state index is 12.8. The van der Waals surface area contributed by atoms with Crippen molar-refractivity contribution in [2.24, 2.45) is 0 Å². The van der Waals surface area contributed by atoms with E-state index in [1.807, 2.05) is 13.0 Å². The molecule has 0 saturated carbocycles. The van der Waals surface area contributed by atoms with Crippen molar-refractivity contribution in [1.82, 2.24) is 14.6 Å². The number of rotatable bonds is 5. The lowest BCUT2D eigenvalue weighted by atomic mass is 10.2. The molecule has 1 unspecified atom stereocenters. The van der Waals surface area contributed by atoms with Crippen LogP contribution in [0, 0.1) is 0 Å². The fourth-order valence-corrected chi connectivity index (χ4v) is 4.37. The standard InChI is InChI=1S/C18H21N3O4S/c1-14-13-25-10-9-21(14)26(23,24)17-6-4-16(5-7-17)18(22)20-12-15-3-2-8-19-11-15/h2-8,11,14H,9-10,12-13H2,1H3,(H,20,22). The lowest BCUT2D eigenvalue weighted by molar-refractivity contribution is 0.0393. The summed E-state index contributed by atoms with van der Waals surface area (Å²) in [4.78, 5) is 16.4. The minimum Gasteiger partial charge on any atom is -0.378 e. The Morgan fingerprint density at radius 2 is 2.08 bits per heavy atom. The highest BCUT2D eigenvalue weighted by molar-refractivity contribution is 7.89. The van der Waals surface area contributed by atoms with Crippen LogP contribution in [0.4, 0.5) is 0 Å². The molecule has 1 aromatic carbocycles. The van der Waals surface area contributed by atoms with Crippen LogP contribution in [0.25, 0.3) is 0 Å². The highest BCUT2D eigenvalue weighted by Gasteiger charge is 2.31. The Morgan fingerprint density at radius 1 is 1.31 bits per heavy atom. The molecular weight excluding hydrogens is 354 g/mol. The van der Waals surface area contributed by atoms with Gasteiger partial charge in [-0.05, 0) is 42.8 Å².